The van der Waals surface area contributed by atoms with Gasteiger partial charge in [-0.3, -0.25) is 14.4 Å². The van der Waals surface area contributed by atoms with Crippen molar-refractivity contribution in [1.82, 2.24) is 15.5 Å². The number of aliphatic hydroxyl groups excluding tert-OH is 1. The van der Waals surface area contributed by atoms with Crippen LogP contribution >= 0.6 is 0 Å². The van der Waals surface area contributed by atoms with Crippen molar-refractivity contribution in [3.63, 3.8) is 0 Å². The molecule has 3 amide bonds. The molecule has 0 aliphatic carbocycles. The number of aliphatic hydroxyl groups is 1. The summed E-state index contributed by atoms with van der Waals surface area (Å²) in [5, 5.41) is 15.5. The second-order valence-corrected chi connectivity index (χ2v) is 12.6. The lowest BCUT2D eigenvalue weighted by atomic mass is 9.66. The van der Waals surface area contributed by atoms with E-state index in [9.17, 15) is 19.5 Å². The minimum absolute atomic E-state index is 0.0160. The highest BCUT2D eigenvalue weighted by atomic mass is 16.5. The normalized spacial score (nSPS) is 32.8. The number of nitrogens with zero attached hydrogens (tertiary/aromatic N) is 1. The third-order valence-electron chi connectivity index (χ3n) is 7.60. The van der Waals surface area contributed by atoms with Crippen LogP contribution in [0.25, 0.3) is 0 Å². The van der Waals surface area contributed by atoms with Crippen LogP contribution in [0, 0.1) is 17.3 Å². The van der Waals surface area contributed by atoms with Crippen molar-refractivity contribution in [1.29, 1.82) is 0 Å². The highest BCUT2D eigenvalue weighted by Gasteiger charge is 2.77. The molecule has 34 heavy (non-hydrogen) atoms. The van der Waals surface area contributed by atoms with Crippen LogP contribution in [-0.4, -0.2) is 70.2 Å². The third kappa shape index (κ3) is 4.85. The summed E-state index contributed by atoms with van der Waals surface area (Å²) in [6, 6.07) is -0.784. The zero-order chi connectivity index (χ0) is 25.5. The largest absolute Gasteiger partial charge is 0.396 e. The number of nitrogens with one attached hydrogen (secondary N) is 2. The van der Waals surface area contributed by atoms with E-state index in [1.54, 1.807) is 4.90 Å². The summed E-state index contributed by atoms with van der Waals surface area (Å²) >= 11 is 0. The van der Waals surface area contributed by atoms with Gasteiger partial charge in [-0.1, -0.05) is 27.7 Å². The van der Waals surface area contributed by atoms with Crippen LogP contribution in [0.1, 0.15) is 87.0 Å². The molecule has 3 aliphatic heterocycles. The first kappa shape index (κ1) is 26.9. The van der Waals surface area contributed by atoms with Crippen LogP contribution in [0.2, 0.25) is 0 Å². The lowest BCUT2D eigenvalue weighted by Crippen LogP contribution is -2.59. The van der Waals surface area contributed by atoms with Crippen molar-refractivity contribution < 1.29 is 24.2 Å². The highest BCUT2D eigenvalue weighted by Crippen LogP contribution is 2.63. The minimum atomic E-state index is -0.999. The summed E-state index contributed by atoms with van der Waals surface area (Å²) in [4.78, 5) is 42.6. The number of ether oxygens (including phenoxy) is 1. The maximum atomic E-state index is 13.9. The molecule has 3 N–H and O–H groups in total. The first-order valence-electron chi connectivity index (χ1n) is 12.9. The lowest BCUT2D eigenvalue weighted by Gasteiger charge is -2.38. The Morgan fingerprint density at radius 1 is 1.15 bits per heavy atom. The first-order chi connectivity index (χ1) is 15.7. The fourth-order valence-electron chi connectivity index (χ4n) is 6.89. The van der Waals surface area contributed by atoms with Gasteiger partial charge in [-0.05, 0) is 64.7 Å². The maximum absolute atomic E-state index is 13.9. The lowest BCUT2D eigenvalue weighted by molar-refractivity contribution is -0.147. The Bertz CT molecular complexity index is 807. The molecule has 194 valence electrons. The predicted octanol–water partition coefficient (Wildman–Crippen LogP) is 2.38. The summed E-state index contributed by atoms with van der Waals surface area (Å²) in [5.41, 5.74) is -2.21. The van der Waals surface area contributed by atoms with Gasteiger partial charge in [0.05, 0.1) is 17.4 Å². The number of carbonyl (C=O) groups excluding carboxylic acids is 3. The standard InChI is InChI=1S/C26H45N3O5/c1-8-13-27-20(31)17-18-22(33)29(14-9-10-15-30)19(26(18)12-11-25(17,7)34-26)21(32)28-24(5,6)16-23(2,3)4/h17-19,30H,8-16H2,1-7H3,(H,27,31)(H,28,32)/t17-,18-,19?,25+,26?/m0/s1. The van der Waals surface area contributed by atoms with Crippen LogP contribution < -0.4 is 10.6 Å². The van der Waals surface area contributed by atoms with E-state index in [0.717, 1.165) is 12.8 Å². The van der Waals surface area contributed by atoms with E-state index in [4.69, 9.17) is 4.74 Å². The molecular formula is C26H45N3O5. The van der Waals surface area contributed by atoms with Crippen molar-refractivity contribution in [2.75, 3.05) is 19.7 Å². The van der Waals surface area contributed by atoms with Gasteiger partial charge in [0, 0.05) is 25.2 Å². The molecule has 3 aliphatic rings. The Morgan fingerprint density at radius 3 is 2.41 bits per heavy atom. The number of amides is 3. The number of fused-ring (bicyclic) bond motifs is 1. The summed E-state index contributed by atoms with van der Waals surface area (Å²) in [6.07, 6.45) is 3.93. The van der Waals surface area contributed by atoms with Crippen molar-refractivity contribution in [3.05, 3.63) is 0 Å². The Kier molecular flexibility index (Phi) is 7.46. The molecular weight excluding hydrogens is 434 g/mol. The number of carbonyl (C=O) groups is 3. The molecule has 3 heterocycles. The fourth-order valence-corrected chi connectivity index (χ4v) is 6.89. The molecule has 2 unspecified atom stereocenters. The van der Waals surface area contributed by atoms with Gasteiger partial charge in [0.1, 0.15) is 11.6 Å². The molecule has 3 fully saturated rings. The predicted molar refractivity (Wildman–Crippen MR) is 130 cm³/mol. The Morgan fingerprint density at radius 2 is 1.82 bits per heavy atom. The molecule has 0 aromatic heterocycles. The van der Waals surface area contributed by atoms with Crippen LogP contribution in [0.3, 0.4) is 0 Å². The van der Waals surface area contributed by atoms with E-state index in [1.807, 2.05) is 27.7 Å². The average molecular weight is 480 g/mol. The zero-order valence-electron chi connectivity index (χ0n) is 22.1. The van der Waals surface area contributed by atoms with E-state index in [0.29, 0.717) is 38.8 Å². The van der Waals surface area contributed by atoms with E-state index in [1.165, 1.54) is 0 Å². The number of hydrogen-bond donors (Lipinski definition) is 3. The van der Waals surface area contributed by atoms with Gasteiger partial charge < -0.3 is 25.4 Å². The van der Waals surface area contributed by atoms with Crippen molar-refractivity contribution in [2.45, 2.75) is 110 Å². The van der Waals surface area contributed by atoms with Gasteiger partial charge in [0.25, 0.3) is 0 Å². The topological polar surface area (TPSA) is 108 Å². The van der Waals surface area contributed by atoms with Crippen molar-refractivity contribution >= 4 is 17.7 Å². The maximum Gasteiger partial charge on any atom is 0.246 e. The number of rotatable bonds is 10. The smallest absolute Gasteiger partial charge is 0.246 e. The van der Waals surface area contributed by atoms with Crippen LogP contribution in [0.5, 0.6) is 0 Å². The molecule has 5 atom stereocenters. The molecule has 8 heteroatoms. The van der Waals surface area contributed by atoms with Crippen molar-refractivity contribution in [3.8, 4) is 0 Å². The highest BCUT2D eigenvalue weighted by molar-refractivity contribution is 5.99. The Hall–Kier alpha value is -1.67. The van der Waals surface area contributed by atoms with Gasteiger partial charge in [-0.15, -0.1) is 0 Å². The van der Waals surface area contributed by atoms with Crippen molar-refractivity contribution in [2.24, 2.45) is 17.3 Å². The first-order valence-corrected chi connectivity index (χ1v) is 12.9. The number of unbranched alkanes of at least 4 members (excludes halogenated alkanes) is 1. The fraction of sp³-hybridized carbons (Fsp3) is 0.885. The van der Waals surface area contributed by atoms with Gasteiger partial charge in [0.15, 0.2) is 0 Å². The van der Waals surface area contributed by atoms with Gasteiger partial charge >= 0.3 is 0 Å². The van der Waals surface area contributed by atoms with E-state index >= 15 is 0 Å². The van der Waals surface area contributed by atoms with Crippen LogP contribution in [-0.2, 0) is 19.1 Å². The van der Waals surface area contributed by atoms with E-state index < -0.39 is 34.6 Å². The second-order valence-electron chi connectivity index (χ2n) is 12.6. The zero-order valence-corrected chi connectivity index (χ0v) is 22.1. The Labute approximate surface area is 204 Å². The molecule has 3 saturated heterocycles. The third-order valence-corrected chi connectivity index (χ3v) is 7.60. The summed E-state index contributed by atoms with van der Waals surface area (Å²) < 4.78 is 6.61. The van der Waals surface area contributed by atoms with Gasteiger partial charge in [-0.2, -0.15) is 0 Å². The monoisotopic (exact) mass is 479 g/mol. The molecule has 0 aromatic carbocycles. The second kappa shape index (κ2) is 9.41. The van der Waals surface area contributed by atoms with Gasteiger partial charge in [0.2, 0.25) is 17.7 Å². The summed E-state index contributed by atoms with van der Waals surface area (Å²) in [5.74, 6) is -1.83. The van der Waals surface area contributed by atoms with Crippen LogP contribution in [0.15, 0.2) is 0 Å². The molecule has 8 nitrogen and oxygen atoms in total. The molecule has 3 rings (SSSR count). The molecule has 0 aromatic rings. The van der Waals surface area contributed by atoms with E-state index in [2.05, 4.69) is 31.4 Å². The molecule has 1 spiro atoms. The molecule has 2 bridgehead atoms. The average Bonchev–Trinajstić information content (AvgIpc) is 3.25. The van der Waals surface area contributed by atoms with E-state index in [-0.39, 0.29) is 29.7 Å². The van der Waals surface area contributed by atoms with Gasteiger partial charge in [-0.25, -0.2) is 0 Å². The molecule has 0 radical (unpaired) electrons. The molecule has 0 saturated carbocycles. The van der Waals surface area contributed by atoms with Crippen LogP contribution in [0.4, 0.5) is 0 Å². The summed E-state index contributed by atoms with van der Waals surface area (Å²) in [7, 11) is 0. The Balaban J connectivity index is 1.96. The SMILES string of the molecule is CCCNC(=O)[C@@H]1[C@H]2C(=O)N(CCCCO)C(C(=O)NC(C)(C)CC(C)(C)C)C23CC[C@@]1(C)O3. The number of likely N-dealkylation sites (tertiary alicyclic amines) is 1. The minimum Gasteiger partial charge on any atom is -0.396 e. The quantitative estimate of drug-likeness (QED) is 0.417. The summed E-state index contributed by atoms with van der Waals surface area (Å²) in [6.45, 7) is 15.3. The number of hydrogen-bond acceptors (Lipinski definition) is 5.